The highest BCUT2D eigenvalue weighted by atomic mass is 16.7. The largest absolute Gasteiger partial charge is 0.508 e. The van der Waals surface area contributed by atoms with E-state index in [0.717, 1.165) is 24.7 Å². The van der Waals surface area contributed by atoms with Crippen LogP contribution in [0.15, 0.2) is 0 Å². The Balaban J connectivity index is 1.64. The van der Waals surface area contributed by atoms with E-state index in [2.05, 4.69) is 11.7 Å². The number of ether oxygens (including phenoxy) is 2. The van der Waals surface area contributed by atoms with Crippen LogP contribution in [0.4, 0.5) is 4.79 Å². The number of rotatable bonds is 2. The van der Waals surface area contributed by atoms with Gasteiger partial charge in [0.1, 0.15) is 5.60 Å². The minimum atomic E-state index is -0.475. The van der Waals surface area contributed by atoms with Crippen LogP contribution >= 0.6 is 0 Å². The Bertz CT molecular complexity index is 406. The van der Waals surface area contributed by atoms with Crippen LogP contribution in [0, 0.1) is 22.7 Å². The predicted molar refractivity (Wildman–Crippen MR) is 61.4 cm³/mol. The van der Waals surface area contributed by atoms with Crippen molar-refractivity contribution in [2.24, 2.45) is 22.7 Å². The van der Waals surface area contributed by atoms with Crippen molar-refractivity contribution in [2.45, 2.75) is 51.0 Å². The molecule has 17 heavy (non-hydrogen) atoms. The Morgan fingerprint density at radius 1 is 1.29 bits per heavy atom. The van der Waals surface area contributed by atoms with Gasteiger partial charge in [0.2, 0.25) is 0 Å². The summed E-state index contributed by atoms with van der Waals surface area (Å²) in [6.45, 7) is 2.33. The van der Waals surface area contributed by atoms with E-state index in [4.69, 9.17) is 4.74 Å². The summed E-state index contributed by atoms with van der Waals surface area (Å²) in [5.74, 6) is 1.66. The molecule has 0 aliphatic heterocycles. The van der Waals surface area contributed by atoms with Gasteiger partial charge in [-0.05, 0) is 49.4 Å². The number of carbonyl (C=O) groups is 1. The third-order valence-electron chi connectivity index (χ3n) is 6.49. The van der Waals surface area contributed by atoms with E-state index in [1.54, 1.807) is 0 Å². The Morgan fingerprint density at radius 3 is 2.71 bits per heavy atom. The quantitative estimate of drug-likeness (QED) is 0.691. The minimum Gasteiger partial charge on any atom is -0.438 e. The molecule has 0 amide bonds. The number of methoxy groups -OCH3 is 1. The van der Waals surface area contributed by atoms with Crippen molar-refractivity contribution >= 4 is 6.16 Å². The first kappa shape index (κ1) is 10.2. The zero-order chi connectivity index (χ0) is 11.9. The minimum absolute atomic E-state index is 0.122. The summed E-state index contributed by atoms with van der Waals surface area (Å²) in [4.78, 5) is 11.4. The molecule has 4 fully saturated rings. The predicted octanol–water partition coefficient (Wildman–Crippen LogP) is 3.13. The van der Waals surface area contributed by atoms with Crippen LogP contribution < -0.4 is 0 Å². The number of carbonyl (C=O) groups excluding carboxylic acids is 1. The third-order valence-corrected chi connectivity index (χ3v) is 6.49. The smallest absolute Gasteiger partial charge is 0.438 e. The normalized spacial score (nSPS) is 56.8. The van der Waals surface area contributed by atoms with E-state index in [-0.39, 0.29) is 5.60 Å². The van der Waals surface area contributed by atoms with Gasteiger partial charge >= 0.3 is 6.16 Å². The molecule has 4 aliphatic carbocycles. The molecule has 0 aromatic rings. The second-order valence-corrected chi connectivity index (χ2v) is 6.89. The highest BCUT2D eigenvalue weighted by Gasteiger charge is 2.85. The average molecular weight is 236 g/mol. The van der Waals surface area contributed by atoms with Gasteiger partial charge in [-0.2, -0.15) is 0 Å². The van der Waals surface area contributed by atoms with Crippen molar-refractivity contribution in [3.63, 3.8) is 0 Å². The van der Waals surface area contributed by atoms with Crippen molar-refractivity contribution in [2.75, 3.05) is 7.11 Å². The Labute approximate surface area is 102 Å². The fourth-order valence-corrected chi connectivity index (χ4v) is 5.87. The van der Waals surface area contributed by atoms with Crippen LogP contribution in [0.2, 0.25) is 0 Å². The molecule has 4 saturated carbocycles. The van der Waals surface area contributed by atoms with Crippen LogP contribution in [-0.4, -0.2) is 18.9 Å². The monoisotopic (exact) mass is 236 g/mol. The summed E-state index contributed by atoms with van der Waals surface area (Å²) in [6.07, 6.45) is 7.11. The molecular formula is C14H20O3. The molecule has 2 bridgehead atoms. The molecular weight excluding hydrogens is 216 g/mol. The first-order valence-electron chi connectivity index (χ1n) is 6.86. The molecule has 0 N–H and O–H groups in total. The number of fused-ring (bicyclic) bond motifs is 1. The van der Waals surface area contributed by atoms with Gasteiger partial charge in [0, 0.05) is 5.41 Å². The maximum Gasteiger partial charge on any atom is 0.508 e. The lowest BCUT2D eigenvalue weighted by atomic mass is 9.75. The van der Waals surface area contributed by atoms with E-state index in [1.807, 2.05) is 0 Å². The first-order chi connectivity index (χ1) is 8.09. The van der Waals surface area contributed by atoms with E-state index in [0.29, 0.717) is 10.8 Å². The molecule has 0 radical (unpaired) electrons. The maximum atomic E-state index is 11.4. The van der Waals surface area contributed by atoms with Gasteiger partial charge in [-0.15, -0.1) is 0 Å². The van der Waals surface area contributed by atoms with Crippen molar-refractivity contribution in [1.29, 1.82) is 0 Å². The van der Waals surface area contributed by atoms with Crippen molar-refractivity contribution in [1.82, 2.24) is 0 Å². The molecule has 0 heterocycles. The SMILES string of the molecule is CCC12CC3CC4(OC(=O)OC)CC4(C1)C3C2. The van der Waals surface area contributed by atoms with E-state index < -0.39 is 6.16 Å². The molecule has 5 unspecified atom stereocenters. The number of hydrogen-bond donors (Lipinski definition) is 0. The third kappa shape index (κ3) is 0.948. The summed E-state index contributed by atoms with van der Waals surface area (Å²) in [7, 11) is 1.41. The zero-order valence-corrected chi connectivity index (χ0v) is 10.6. The van der Waals surface area contributed by atoms with Crippen molar-refractivity contribution in [3.05, 3.63) is 0 Å². The van der Waals surface area contributed by atoms with Gasteiger partial charge in [0.15, 0.2) is 0 Å². The molecule has 5 atom stereocenters. The van der Waals surface area contributed by atoms with E-state index in [9.17, 15) is 4.79 Å². The molecule has 0 aromatic heterocycles. The zero-order valence-electron chi connectivity index (χ0n) is 10.6. The standard InChI is InChI=1S/C14H20O3/c1-3-12-4-9-5-14(17-11(15)16-2)8-13(14,7-12)10(9)6-12/h9-10H,3-8H2,1-2H3. The Morgan fingerprint density at radius 2 is 2.12 bits per heavy atom. The number of hydrogen-bond acceptors (Lipinski definition) is 3. The maximum absolute atomic E-state index is 11.4. The van der Waals surface area contributed by atoms with Gasteiger partial charge < -0.3 is 9.47 Å². The summed E-state index contributed by atoms with van der Waals surface area (Å²) < 4.78 is 10.3. The van der Waals surface area contributed by atoms with Crippen LogP contribution in [0.25, 0.3) is 0 Å². The molecule has 94 valence electrons. The van der Waals surface area contributed by atoms with Gasteiger partial charge in [-0.1, -0.05) is 13.3 Å². The van der Waals surface area contributed by atoms with Crippen molar-refractivity contribution in [3.8, 4) is 0 Å². The van der Waals surface area contributed by atoms with Gasteiger partial charge in [-0.25, -0.2) is 4.79 Å². The van der Waals surface area contributed by atoms with Crippen LogP contribution in [0.1, 0.15) is 45.4 Å². The lowest BCUT2D eigenvalue weighted by Gasteiger charge is -2.29. The van der Waals surface area contributed by atoms with Crippen LogP contribution in [0.3, 0.4) is 0 Å². The Hall–Kier alpha value is -0.730. The van der Waals surface area contributed by atoms with E-state index in [1.165, 1.54) is 32.8 Å². The highest BCUT2D eigenvalue weighted by molar-refractivity contribution is 5.62. The topological polar surface area (TPSA) is 35.5 Å². The van der Waals surface area contributed by atoms with Gasteiger partial charge in [0.25, 0.3) is 0 Å². The second kappa shape index (κ2) is 2.65. The van der Waals surface area contributed by atoms with Crippen LogP contribution in [-0.2, 0) is 9.47 Å². The lowest BCUT2D eigenvalue weighted by Crippen LogP contribution is -2.24. The van der Waals surface area contributed by atoms with Crippen LogP contribution in [0.5, 0.6) is 0 Å². The highest BCUT2D eigenvalue weighted by Crippen LogP contribution is 2.86. The summed E-state index contributed by atoms with van der Waals surface area (Å²) in [6, 6.07) is 0. The molecule has 1 spiro atoms. The van der Waals surface area contributed by atoms with Gasteiger partial charge in [-0.3, -0.25) is 0 Å². The first-order valence-corrected chi connectivity index (χ1v) is 6.86. The lowest BCUT2D eigenvalue weighted by molar-refractivity contribution is 0.0109. The van der Waals surface area contributed by atoms with Gasteiger partial charge in [0.05, 0.1) is 7.11 Å². The fraction of sp³-hybridized carbons (Fsp3) is 0.929. The average Bonchev–Trinajstić information content (AvgIpc) is 2.62. The Kier molecular flexibility index (Phi) is 1.59. The molecule has 3 nitrogen and oxygen atoms in total. The second-order valence-electron chi connectivity index (χ2n) is 6.89. The summed E-state index contributed by atoms with van der Waals surface area (Å²) in [5, 5.41) is 0. The fourth-order valence-electron chi connectivity index (χ4n) is 5.87. The van der Waals surface area contributed by atoms with Crippen molar-refractivity contribution < 1.29 is 14.3 Å². The molecule has 3 heteroatoms. The molecule has 0 aromatic carbocycles. The molecule has 4 aliphatic rings. The molecule has 4 rings (SSSR count). The summed E-state index contributed by atoms with van der Waals surface area (Å²) >= 11 is 0. The van der Waals surface area contributed by atoms with E-state index >= 15 is 0 Å². The summed E-state index contributed by atoms with van der Waals surface area (Å²) in [5.41, 5.74) is 0.829. The molecule has 0 saturated heterocycles.